The van der Waals surface area contributed by atoms with E-state index in [0.717, 1.165) is 6.42 Å². The quantitative estimate of drug-likeness (QED) is 0.708. The zero-order valence-electron chi connectivity index (χ0n) is 10.3. The molecule has 1 aromatic rings. The third-order valence-corrected chi connectivity index (χ3v) is 3.31. The van der Waals surface area contributed by atoms with Gasteiger partial charge in [0, 0.05) is 5.92 Å². The first kappa shape index (κ1) is 11.0. The summed E-state index contributed by atoms with van der Waals surface area (Å²) in [6.45, 7) is 0. The summed E-state index contributed by atoms with van der Waals surface area (Å²) in [5, 5.41) is 0. The molecule has 0 N–H and O–H groups in total. The highest BCUT2D eigenvalue weighted by Gasteiger charge is 2.14. The van der Waals surface area contributed by atoms with Gasteiger partial charge in [0.1, 0.15) is 0 Å². The molecule has 0 heterocycles. The molecule has 3 rings (SSSR count). The van der Waals surface area contributed by atoms with Crippen LogP contribution in [-0.2, 0) is 0 Å². The largest absolute Gasteiger partial charge is 0.0796 e. The molecule has 0 saturated heterocycles. The molecule has 0 aromatic heterocycles. The molecule has 0 heteroatoms. The van der Waals surface area contributed by atoms with Crippen LogP contribution in [0.4, 0.5) is 0 Å². The van der Waals surface area contributed by atoms with Crippen molar-refractivity contribution in [3.05, 3.63) is 89.6 Å². The van der Waals surface area contributed by atoms with Gasteiger partial charge in [-0.05, 0) is 23.1 Å². The Labute approximate surface area is 108 Å². The average Bonchev–Trinajstić information content (AvgIpc) is 2.82. The summed E-state index contributed by atoms with van der Waals surface area (Å²) in [7, 11) is 0. The molecule has 0 amide bonds. The molecule has 0 nitrogen and oxygen atoms in total. The van der Waals surface area contributed by atoms with Gasteiger partial charge in [-0.1, -0.05) is 78.9 Å². The molecule has 0 fully saturated rings. The lowest BCUT2D eigenvalue weighted by Gasteiger charge is -2.06. The van der Waals surface area contributed by atoms with E-state index in [1.807, 2.05) is 6.07 Å². The van der Waals surface area contributed by atoms with Crippen molar-refractivity contribution in [2.24, 2.45) is 5.92 Å². The standard InChI is InChI=1S/C18H16/c1-2-7-15(8-3-1)9-6-10-16-13-17-11-4-5-12-18(17)14-16/h1-9,11-14,17H,10H2. The normalized spacial score (nSPS) is 21.0. The van der Waals surface area contributed by atoms with E-state index in [4.69, 9.17) is 0 Å². The van der Waals surface area contributed by atoms with E-state index in [1.165, 1.54) is 16.7 Å². The molecule has 18 heavy (non-hydrogen) atoms. The Morgan fingerprint density at radius 2 is 1.94 bits per heavy atom. The van der Waals surface area contributed by atoms with Crippen molar-refractivity contribution in [2.45, 2.75) is 6.42 Å². The molecule has 0 spiro atoms. The number of fused-ring (bicyclic) bond motifs is 1. The number of hydrogen-bond acceptors (Lipinski definition) is 0. The van der Waals surface area contributed by atoms with Gasteiger partial charge in [-0.3, -0.25) is 0 Å². The summed E-state index contributed by atoms with van der Waals surface area (Å²) in [5.41, 5.74) is 4.10. The van der Waals surface area contributed by atoms with Gasteiger partial charge in [0.25, 0.3) is 0 Å². The van der Waals surface area contributed by atoms with Gasteiger partial charge in [-0.25, -0.2) is 0 Å². The first-order valence-electron chi connectivity index (χ1n) is 6.40. The summed E-state index contributed by atoms with van der Waals surface area (Å²) in [6.07, 6.45) is 18.8. The first-order chi connectivity index (χ1) is 8.92. The predicted molar refractivity (Wildman–Crippen MR) is 78.0 cm³/mol. The van der Waals surface area contributed by atoms with E-state index >= 15 is 0 Å². The van der Waals surface area contributed by atoms with Crippen LogP contribution in [0.3, 0.4) is 0 Å². The molecule has 2 aliphatic rings. The summed E-state index contributed by atoms with van der Waals surface area (Å²) >= 11 is 0. The fourth-order valence-electron chi connectivity index (χ4n) is 2.38. The van der Waals surface area contributed by atoms with Crippen molar-refractivity contribution in [1.82, 2.24) is 0 Å². The Bertz CT molecular complexity index is 565. The third-order valence-electron chi connectivity index (χ3n) is 3.31. The van der Waals surface area contributed by atoms with Crippen molar-refractivity contribution < 1.29 is 0 Å². The number of hydrogen-bond donors (Lipinski definition) is 0. The van der Waals surface area contributed by atoms with Crippen LogP contribution in [0, 0.1) is 5.92 Å². The van der Waals surface area contributed by atoms with Gasteiger partial charge < -0.3 is 0 Å². The highest BCUT2D eigenvalue weighted by molar-refractivity contribution is 5.52. The second kappa shape index (κ2) is 5.05. The Morgan fingerprint density at radius 3 is 2.78 bits per heavy atom. The molecule has 0 aliphatic heterocycles. The number of allylic oxidation sites excluding steroid dienone is 9. The van der Waals surface area contributed by atoms with Gasteiger partial charge in [-0.15, -0.1) is 0 Å². The highest BCUT2D eigenvalue weighted by Crippen LogP contribution is 2.30. The molecule has 1 atom stereocenters. The van der Waals surface area contributed by atoms with Crippen LogP contribution in [0.2, 0.25) is 0 Å². The van der Waals surface area contributed by atoms with E-state index in [2.05, 4.69) is 72.9 Å². The van der Waals surface area contributed by atoms with E-state index in [0.29, 0.717) is 5.92 Å². The minimum Gasteiger partial charge on any atom is -0.0796 e. The second-order valence-electron chi connectivity index (χ2n) is 4.67. The van der Waals surface area contributed by atoms with Gasteiger partial charge in [0.2, 0.25) is 0 Å². The molecule has 0 saturated carbocycles. The number of benzene rings is 1. The SMILES string of the molecule is C1=CC2=CC(CC=Cc3ccccc3)=CC2C=C1. The Morgan fingerprint density at radius 1 is 1.06 bits per heavy atom. The molecule has 0 radical (unpaired) electrons. The van der Waals surface area contributed by atoms with E-state index in [-0.39, 0.29) is 0 Å². The average molecular weight is 232 g/mol. The summed E-state index contributed by atoms with van der Waals surface area (Å²) < 4.78 is 0. The second-order valence-corrected chi connectivity index (χ2v) is 4.67. The first-order valence-corrected chi connectivity index (χ1v) is 6.40. The highest BCUT2D eigenvalue weighted by atomic mass is 14.2. The molecule has 0 bridgehead atoms. The van der Waals surface area contributed by atoms with Crippen LogP contribution >= 0.6 is 0 Å². The molecule has 1 unspecified atom stereocenters. The van der Waals surface area contributed by atoms with E-state index in [1.54, 1.807) is 0 Å². The zero-order valence-corrected chi connectivity index (χ0v) is 10.3. The van der Waals surface area contributed by atoms with E-state index < -0.39 is 0 Å². The van der Waals surface area contributed by atoms with Crippen LogP contribution in [0.15, 0.2) is 84.0 Å². The summed E-state index contributed by atoms with van der Waals surface area (Å²) in [6, 6.07) is 10.4. The lowest BCUT2D eigenvalue weighted by Crippen LogP contribution is -1.92. The van der Waals surface area contributed by atoms with Gasteiger partial charge >= 0.3 is 0 Å². The lowest BCUT2D eigenvalue weighted by molar-refractivity contribution is 1.01. The van der Waals surface area contributed by atoms with Crippen LogP contribution in [-0.4, -0.2) is 0 Å². The van der Waals surface area contributed by atoms with Crippen molar-refractivity contribution in [1.29, 1.82) is 0 Å². The zero-order chi connectivity index (χ0) is 12.2. The van der Waals surface area contributed by atoms with Crippen molar-refractivity contribution in [3.8, 4) is 0 Å². The molecule has 2 aliphatic carbocycles. The minimum atomic E-state index is 0.509. The predicted octanol–water partition coefficient (Wildman–Crippen LogP) is 4.70. The number of rotatable bonds is 3. The molecular weight excluding hydrogens is 216 g/mol. The van der Waals surface area contributed by atoms with Crippen LogP contribution in [0.25, 0.3) is 6.08 Å². The summed E-state index contributed by atoms with van der Waals surface area (Å²) in [5.74, 6) is 0.509. The van der Waals surface area contributed by atoms with E-state index in [9.17, 15) is 0 Å². The molecule has 1 aromatic carbocycles. The summed E-state index contributed by atoms with van der Waals surface area (Å²) in [4.78, 5) is 0. The fraction of sp³-hybridized carbons (Fsp3) is 0.111. The van der Waals surface area contributed by atoms with Crippen LogP contribution in [0.1, 0.15) is 12.0 Å². The monoisotopic (exact) mass is 232 g/mol. The maximum Gasteiger partial charge on any atom is 0.0207 e. The Hall–Kier alpha value is -2.08. The fourth-order valence-corrected chi connectivity index (χ4v) is 2.38. The van der Waals surface area contributed by atoms with Gasteiger partial charge in [0.05, 0.1) is 0 Å². The minimum absolute atomic E-state index is 0.509. The van der Waals surface area contributed by atoms with Crippen LogP contribution in [0.5, 0.6) is 0 Å². The Kier molecular flexibility index (Phi) is 3.10. The molecular formula is C18H16. The topological polar surface area (TPSA) is 0 Å². The van der Waals surface area contributed by atoms with Gasteiger partial charge in [0.15, 0.2) is 0 Å². The third kappa shape index (κ3) is 2.43. The van der Waals surface area contributed by atoms with Gasteiger partial charge in [-0.2, -0.15) is 0 Å². The Balaban J connectivity index is 1.65. The smallest absolute Gasteiger partial charge is 0.0207 e. The maximum absolute atomic E-state index is 2.35. The van der Waals surface area contributed by atoms with Crippen molar-refractivity contribution in [2.75, 3.05) is 0 Å². The lowest BCUT2D eigenvalue weighted by atomic mass is 9.98. The maximum atomic E-state index is 2.35. The van der Waals surface area contributed by atoms with Crippen molar-refractivity contribution in [3.63, 3.8) is 0 Å². The van der Waals surface area contributed by atoms with Crippen molar-refractivity contribution >= 4 is 6.08 Å². The molecule has 88 valence electrons. The van der Waals surface area contributed by atoms with Crippen LogP contribution < -0.4 is 0 Å².